The van der Waals surface area contributed by atoms with E-state index in [0.29, 0.717) is 13.2 Å². The van der Waals surface area contributed by atoms with Crippen molar-refractivity contribution in [1.29, 1.82) is 0 Å². The molecule has 0 rings (SSSR count). The molecule has 0 aromatic rings. The van der Waals surface area contributed by atoms with Crippen molar-refractivity contribution in [3.8, 4) is 0 Å². The van der Waals surface area contributed by atoms with Crippen molar-refractivity contribution in [3.63, 3.8) is 0 Å². The third-order valence-corrected chi connectivity index (χ3v) is 1.82. The summed E-state index contributed by atoms with van der Waals surface area (Å²) >= 11 is 6.74. The zero-order chi connectivity index (χ0) is 8.69. The predicted octanol–water partition coefficient (Wildman–Crippen LogP) is 2.89. The van der Waals surface area contributed by atoms with Gasteiger partial charge in [0.05, 0.1) is 3.74 Å². The van der Waals surface area contributed by atoms with Gasteiger partial charge in [0.25, 0.3) is 0 Å². The molecule has 0 spiro atoms. The van der Waals surface area contributed by atoms with E-state index in [1.807, 2.05) is 13.8 Å². The zero-order valence-electron chi connectivity index (χ0n) is 6.85. The molecule has 0 atom stereocenters. The molecule has 0 radical (unpaired) electrons. The zero-order valence-corrected chi connectivity index (χ0v) is 10.0. The van der Waals surface area contributed by atoms with Crippen LogP contribution < -0.4 is 0 Å². The van der Waals surface area contributed by atoms with E-state index >= 15 is 0 Å². The van der Waals surface area contributed by atoms with Gasteiger partial charge in [-0.05, 0) is 13.8 Å². The second kappa shape index (κ2) is 7.53. The van der Waals surface area contributed by atoms with Crippen LogP contribution in [0.2, 0.25) is 0 Å². The lowest BCUT2D eigenvalue weighted by Gasteiger charge is -2.16. The molecule has 0 aliphatic carbocycles. The Morgan fingerprint density at radius 3 is 1.82 bits per heavy atom. The van der Waals surface area contributed by atoms with Crippen molar-refractivity contribution in [2.75, 3.05) is 13.2 Å². The first kappa shape index (κ1) is 11.9. The lowest BCUT2D eigenvalue weighted by atomic mass is 10.5. The van der Waals surface area contributed by atoms with Gasteiger partial charge in [-0.3, -0.25) is 0 Å². The minimum Gasteiger partial charge on any atom is -0.353 e. The molecular weight excluding hydrogens is 276 g/mol. The van der Waals surface area contributed by atoms with Gasteiger partial charge in [-0.25, -0.2) is 0 Å². The Morgan fingerprint density at radius 1 is 1.09 bits per heavy atom. The van der Waals surface area contributed by atoms with E-state index in [2.05, 4.69) is 31.9 Å². The van der Waals surface area contributed by atoms with Gasteiger partial charge < -0.3 is 9.47 Å². The summed E-state index contributed by atoms with van der Waals surface area (Å²) in [6.07, 6.45) is 0.732. The van der Waals surface area contributed by atoms with Gasteiger partial charge in [0.1, 0.15) is 0 Å². The molecule has 0 aliphatic heterocycles. The smallest absolute Gasteiger partial charge is 0.159 e. The molecular formula is C7H14Br2O2. The maximum Gasteiger partial charge on any atom is 0.159 e. The Morgan fingerprint density at radius 2 is 1.55 bits per heavy atom. The molecule has 0 aromatic heterocycles. The number of ether oxygens (including phenoxy) is 2. The predicted molar refractivity (Wildman–Crippen MR) is 53.3 cm³/mol. The van der Waals surface area contributed by atoms with Gasteiger partial charge in [-0.1, -0.05) is 31.9 Å². The summed E-state index contributed by atoms with van der Waals surface area (Å²) in [5, 5.41) is 0. The molecule has 0 saturated carbocycles. The summed E-state index contributed by atoms with van der Waals surface area (Å²) in [7, 11) is 0. The number of rotatable bonds is 6. The molecule has 0 heterocycles. The van der Waals surface area contributed by atoms with Crippen molar-refractivity contribution < 1.29 is 9.47 Å². The van der Waals surface area contributed by atoms with Crippen LogP contribution in [0.5, 0.6) is 0 Å². The monoisotopic (exact) mass is 288 g/mol. The van der Waals surface area contributed by atoms with Crippen molar-refractivity contribution in [2.45, 2.75) is 30.3 Å². The summed E-state index contributed by atoms with van der Waals surface area (Å²) in [6, 6.07) is 0. The normalized spacial score (nSPS) is 11.5. The van der Waals surface area contributed by atoms with E-state index in [1.165, 1.54) is 0 Å². The van der Waals surface area contributed by atoms with Gasteiger partial charge in [0.15, 0.2) is 6.29 Å². The average molecular weight is 290 g/mol. The summed E-state index contributed by atoms with van der Waals surface area (Å²) < 4.78 is 10.9. The van der Waals surface area contributed by atoms with Crippen LogP contribution in [0.1, 0.15) is 20.3 Å². The highest BCUT2D eigenvalue weighted by molar-refractivity contribution is 9.24. The molecule has 0 saturated heterocycles. The van der Waals surface area contributed by atoms with Crippen LogP contribution in [0, 0.1) is 0 Å². The van der Waals surface area contributed by atoms with E-state index in [9.17, 15) is 0 Å². The summed E-state index contributed by atoms with van der Waals surface area (Å²) in [5.41, 5.74) is 0. The molecule has 11 heavy (non-hydrogen) atoms. The van der Waals surface area contributed by atoms with E-state index < -0.39 is 0 Å². The standard InChI is InChI=1S/C7H14Br2O2/c1-3-10-7(11-4-2)5-6(8)9/h6-7H,3-5H2,1-2H3. The fourth-order valence-electron chi connectivity index (χ4n) is 0.701. The van der Waals surface area contributed by atoms with Gasteiger partial charge in [-0.15, -0.1) is 0 Å². The Kier molecular flexibility index (Phi) is 8.13. The van der Waals surface area contributed by atoms with Crippen LogP contribution in [-0.2, 0) is 9.47 Å². The van der Waals surface area contributed by atoms with Crippen molar-refractivity contribution >= 4 is 31.9 Å². The molecule has 0 bridgehead atoms. The minimum absolute atomic E-state index is 0.0891. The fraction of sp³-hybridized carbons (Fsp3) is 1.00. The molecule has 0 N–H and O–H groups in total. The van der Waals surface area contributed by atoms with Gasteiger partial charge in [-0.2, -0.15) is 0 Å². The van der Waals surface area contributed by atoms with Crippen molar-refractivity contribution in [2.24, 2.45) is 0 Å². The molecule has 0 fully saturated rings. The maximum absolute atomic E-state index is 5.31. The van der Waals surface area contributed by atoms with E-state index in [-0.39, 0.29) is 10.0 Å². The van der Waals surface area contributed by atoms with Crippen molar-refractivity contribution in [3.05, 3.63) is 0 Å². The number of halogens is 2. The SMILES string of the molecule is CCOC(CC(Br)Br)OCC. The Bertz CT molecular complexity index is 82.5. The van der Waals surface area contributed by atoms with E-state index in [1.54, 1.807) is 0 Å². The maximum atomic E-state index is 5.31. The highest BCUT2D eigenvalue weighted by atomic mass is 79.9. The molecule has 0 amide bonds. The van der Waals surface area contributed by atoms with Crippen LogP contribution in [0.4, 0.5) is 0 Å². The lowest BCUT2D eigenvalue weighted by molar-refractivity contribution is -0.136. The second-order valence-electron chi connectivity index (χ2n) is 1.97. The number of hydrogen-bond donors (Lipinski definition) is 0. The van der Waals surface area contributed by atoms with Gasteiger partial charge >= 0.3 is 0 Å². The van der Waals surface area contributed by atoms with Gasteiger partial charge in [0, 0.05) is 19.6 Å². The topological polar surface area (TPSA) is 18.5 Å². The Balaban J connectivity index is 3.50. The van der Waals surface area contributed by atoms with E-state index in [4.69, 9.17) is 9.47 Å². The summed E-state index contributed by atoms with van der Waals surface area (Å²) in [6.45, 7) is 5.31. The van der Waals surface area contributed by atoms with Crippen LogP contribution in [0.25, 0.3) is 0 Å². The van der Waals surface area contributed by atoms with Crippen molar-refractivity contribution in [1.82, 2.24) is 0 Å². The quantitative estimate of drug-likeness (QED) is 0.553. The number of hydrogen-bond acceptors (Lipinski definition) is 2. The fourth-order valence-corrected chi connectivity index (χ4v) is 1.31. The molecule has 0 aliphatic rings. The highest BCUT2D eigenvalue weighted by Crippen LogP contribution is 2.17. The Hall–Kier alpha value is 0.880. The van der Waals surface area contributed by atoms with Crippen LogP contribution >= 0.6 is 31.9 Å². The first-order valence-electron chi connectivity index (χ1n) is 3.72. The number of alkyl halides is 2. The third-order valence-electron chi connectivity index (χ3n) is 1.08. The lowest BCUT2D eigenvalue weighted by Crippen LogP contribution is -2.19. The average Bonchev–Trinajstić information content (AvgIpc) is 1.87. The summed E-state index contributed by atoms with van der Waals surface area (Å²) in [5.74, 6) is 0. The first-order chi connectivity index (χ1) is 5.20. The molecule has 4 heteroatoms. The largest absolute Gasteiger partial charge is 0.353 e. The molecule has 2 nitrogen and oxygen atoms in total. The summed E-state index contributed by atoms with van der Waals surface area (Å²) in [4.78, 5) is 0. The van der Waals surface area contributed by atoms with E-state index in [0.717, 1.165) is 6.42 Å². The highest BCUT2D eigenvalue weighted by Gasteiger charge is 2.11. The van der Waals surface area contributed by atoms with Gasteiger partial charge in [0.2, 0.25) is 0 Å². The van der Waals surface area contributed by atoms with Crippen LogP contribution in [-0.4, -0.2) is 23.2 Å². The first-order valence-corrected chi connectivity index (χ1v) is 5.55. The minimum atomic E-state index is -0.0891. The molecule has 0 unspecified atom stereocenters. The van der Waals surface area contributed by atoms with Crippen LogP contribution in [0.15, 0.2) is 0 Å². The van der Waals surface area contributed by atoms with Crippen LogP contribution in [0.3, 0.4) is 0 Å². The second-order valence-corrected chi connectivity index (χ2v) is 5.41. The third kappa shape index (κ3) is 7.25. The molecule has 68 valence electrons. The Labute approximate surface area is 84.9 Å². The molecule has 0 aromatic carbocycles.